The lowest BCUT2D eigenvalue weighted by Crippen LogP contribution is -3.11. The molecule has 5 heteroatoms. The molecule has 0 bridgehead atoms. The van der Waals surface area contributed by atoms with Gasteiger partial charge in [0.1, 0.15) is 11.8 Å². The molecule has 1 atom stereocenters. The van der Waals surface area contributed by atoms with Gasteiger partial charge in [0.05, 0.1) is 37.2 Å². The van der Waals surface area contributed by atoms with Crippen LogP contribution in [0.5, 0.6) is 5.75 Å². The Kier molecular flexibility index (Phi) is 5.41. The SMILES string of the molecule is COc1cc2ccccc2cc1C(=O)NC[C@@H](c1cccs1)[NH+]1CCCC1. The lowest BCUT2D eigenvalue weighted by molar-refractivity contribution is -0.918. The number of quaternary nitrogens is 1. The number of ether oxygens (including phenoxy) is 1. The zero-order valence-corrected chi connectivity index (χ0v) is 16.4. The van der Waals surface area contributed by atoms with Crippen molar-refractivity contribution < 1.29 is 14.4 Å². The second kappa shape index (κ2) is 8.11. The highest BCUT2D eigenvalue weighted by atomic mass is 32.1. The van der Waals surface area contributed by atoms with Crippen LogP contribution in [0.4, 0.5) is 0 Å². The molecule has 1 aliphatic rings. The maximum Gasteiger partial charge on any atom is 0.255 e. The van der Waals surface area contributed by atoms with E-state index in [0.717, 1.165) is 10.8 Å². The van der Waals surface area contributed by atoms with E-state index in [2.05, 4.69) is 22.8 Å². The fourth-order valence-corrected chi connectivity index (χ4v) is 4.85. The molecule has 1 saturated heterocycles. The van der Waals surface area contributed by atoms with Gasteiger partial charge in [-0.05, 0) is 34.4 Å². The topological polar surface area (TPSA) is 42.8 Å². The zero-order valence-electron chi connectivity index (χ0n) is 15.5. The molecule has 4 rings (SSSR count). The van der Waals surface area contributed by atoms with E-state index in [9.17, 15) is 4.79 Å². The largest absolute Gasteiger partial charge is 0.496 e. The number of fused-ring (bicyclic) bond motifs is 1. The van der Waals surface area contributed by atoms with E-state index in [4.69, 9.17) is 4.74 Å². The van der Waals surface area contributed by atoms with Crippen LogP contribution < -0.4 is 15.0 Å². The van der Waals surface area contributed by atoms with Crippen LogP contribution in [0.3, 0.4) is 0 Å². The summed E-state index contributed by atoms with van der Waals surface area (Å²) in [6.07, 6.45) is 2.54. The fraction of sp³-hybridized carbons (Fsp3) is 0.318. The van der Waals surface area contributed by atoms with Gasteiger partial charge in [-0.3, -0.25) is 4.79 Å². The molecular weight excluding hydrogens is 356 g/mol. The van der Waals surface area contributed by atoms with Gasteiger partial charge in [-0.25, -0.2) is 0 Å². The molecule has 27 heavy (non-hydrogen) atoms. The number of hydrogen-bond acceptors (Lipinski definition) is 3. The summed E-state index contributed by atoms with van der Waals surface area (Å²) < 4.78 is 5.49. The van der Waals surface area contributed by atoms with E-state index < -0.39 is 0 Å². The van der Waals surface area contributed by atoms with Crippen molar-refractivity contribution in [3.8, 4) is 5.75 Å². The Balaban J connectivity index is 1.55. The Hall–Kier alpha value is -2.37. The monoisotopic (exact) mass is 381 g/mol. The summed E-state index contributed by atoms with van der Waals surface area (Å²) in [6.45, 7) is 3.00. The number of amides is 1. The van der Waals surface area contributed by atoms with E-state index in [-0.39, 0.29) is 5.91 Å². The summed E-state index contributed by atoms with van der Waals surface area (Å²) in [5.74, 6) is 0.546. The first kappa shape index (κ1) is 18.0. The number of carbonyl (C=O) groups is 1. The molecule has 0 spiro atoms. The molecule has 2 aromatic carbocycles. The van der Waals surface area contributed by atoms with E-state index in [1.165, 1.54) is 30.8 Å². The molecular formula is C22H25N2O2S+. The number of rotatable bonds is 6. The van der Waals surface area contributed by atoms with Gasteiger partial charge in [-0.2, -0.15) is 0 Å². The van der Waals surface area contributed by atoms with Crippen molar-refractivity contribution in [1.82, 2.24) is 5.32 Å². The summed E-state index contributed by atoms with van der Waals surface area (Å²) in [5, 5.41) is 7.41. The van der Waals surface area contributed by atoms with E-state index in [0.29, 0.717) is 23.9 Å². The van der Waals surface area contributed by atoms with Crippen molar-refractivity contribution >= 4 is 28.0 Å². The van der Waals surface area contributed by atoms with Crippen LogP contribution in [-0.2, 0) is 0 Å². The summed E-state index contributed by atoms with van der Waals surface area (Å²) in [5.41, 5.74) is 0.595. The second-order valence-corrected chi connectivity index (χ2v) is 8.02. The number of nitrogens with one attached hydrogen (secondary N) is 2. The van der Waals surface area contributed by atoms with Crippen LogP contribution in [0.1, 0.15) is 34.1 Å². The molecule has 1 aromatic heterocycles. The van der Waals surface area contributed by atoms with Crippen LogP contribution in [0.25, 0.3) is 10.8 Å². The van der Waals surface area contributed by atoms with Crippen LogP contribution in [0.2, 0.25) is 0 Å². The number of carbonyl (C=O) groups excluding carboxylic acids is 1. The van der Waals surface area contributed by atoms with E-state index >= 15 is 0 Å². The minimum Gasteiger partial charge on any atom is -0.496 e. The second-order valence-electron chi connectivity index (χ2n) is 7.04. The third-order valence-electron chi connectivity index (χ3n) is 5.40. The third kappa shape index (κ3) is 3.84. The first-order chi connectivity index (χ1) is 13.3. The number of thiophene rings is 1. The van der Waals surface area contributed by atoms with Crippen LogP contribution in [0, 0.1) is 0 Å². The molecule has 2 N–H and O–H groups in total. The first-order valence-electron chi connectivity index (χ1n) is 9.49. The minimum atomic E-state index is -0.0715. The third-order valence-corrected chi connectivity index (χ3v) is 6.39. The highest BCUT2D eigenvalue weighted by Crippen LogP contribution is 2.26. The maximum atomic E-state index is 13.0. The average molecular weight is 382 g/mol. The van der Waals surface area contributed by atoms with Gasteiger partial charge in [0.15, 0.2) is 0 Å². The molecule has 1 amide bonds. The van der Waals surface area contributed by atoms with E-state index in [1.807, 2.05) is 36.4 Å². The van der Waals surface area contributed by atoms with Crippen LogP contribution in [0.15, 0.2) is 53.9 Å². The Morgan fingerprint density at radius 3 is 2.56 bits per heavy atom. The van der Waals surface area contributed by atoms with E-state index in [1.54, 1.807) is 23.3 Å². The Morgan fingerprint density at radius 1 is 1.15 bits per heavy atom. The smallest absolute Gasteiger partial charge is 0.255 e. The number of likely N-dealkylation sites (tertiary alicyclic amines) is 1. The molecule has 0 unspecified atom stereocenters. The molecule has 2 heterocycles. The van der Waals surface area contributed by atoms with Crippen molar-refractivity contribution in [2.75, 3.05) is 26.7 Å². The molecule has 1 aliphatic heterocycles. The van der Waals surface area contributed by atoms with Crippen molar-refractivity contribution in [1.29, 1.82) is 0 Å². The first-order valence-corrected chi connectivity index (χ1v) is 10.4. The van der Waals surface area contributed by atoms with Gasteiger partial charge >= 0.3 is 0 Å². The van der Waals surface area contributed by atoms with Crippen molar-refractivity contribution in [2.24, 2.45) is 0 Å². The molecule has 0 saturated carbocycles. The van der Waals surface area contributed by atoms with Gasteiger partial charge in [0.2, 0.25) is 0 Å². The predicted molar refractivity (Wildman–Crippen MR) is 110 cm³/mol. The molecule has 3 aromatic rings. The van der Waals surface area contributed by atoms with Crippen LogP contribution in [-0.4, -0.2) is 32.7 Å². The van der Waals surface area contributed by atoms with Gasteiger partial charge in [0, 0.05) is 12.8 Å². The van der Waals surface area contributed by atoms with Gasteiger partial charge < -0.3 is 15.0 Å². The quantitative estimate of drug-likeness (QED) is 0.689. The summed E-state index contributed by atoms with van der Waals surface area (Å²) in [4.78, 5) is 15.9. The zero-order chi connectivity index (χ0) is 18.6. The Bertz CT molecular complexity index is 917. The molecule has 1 fully saturated rings. The predicted octanol–water partition coefficient (Wildman–Crippen LogP) is 3.06. The Morgan fingerprint density at radius 2 is 1.89 bits per heavy atom. The number of benzene rings is 2. The normalized spacial score (nSPS) is 15.7. The standard InChI is InChI=1S/C22H24N2O2S/c1-26-20-14-17-8-3-2-7-16(17)13-18(20)22(25)23-15-19(21-9-6-12-27-21)24-10-4-5-11-24/h2-3,6-9,12-14,19H,4-5,10-11,15H2,1H3,(H,23,25)/p+1/t19-/m0/s1. The highest BCUT2D eigenvalue weighted by Gasteiger charge is 2.29. The average Bonchev–Trinajstić information content (AvgIpc) is 3.41. The molecule has 140 valence electrons. The van der Waals surface area contributed by atoms with Crippen molar-refractivity contribution in [3.05, 3.63) is 64.4 Å². The van der Waals surface area contributed by atoms with Gasteiger partial charge in [-0.1, -0.05) is 30.3 Å². The summed E-state index contributed by atoms with van der Waals surface area (Å²) in [6, 6.07) is 16.5. The fourth-order valence-electron chi connectivity index (χ4n) is 3.97. The van der Waals surface area contributed by atoms with Gasteiger partial charge in [0.25, 0.3) is 5.91 Å². The number of hydrogen-bond donors (Lipinski definition) is 2. The lowest BCUT2D eigenvalue weighted by Gasteiger charge is -2.24. The summed E-state index contributed by atoms with van der Waals surface area (Å²) in [7, 11) is 1.61. The van der Waals surface area contributed by atoms with Crippen molar-refractivity contribution in [3.63, 3.8) is 0 Å². The molecule has 0 radical (unpaired) electrons. The summed E-state index contributed by atoms with van der Waals surface area (Å²) >= 11 is 1.78. The molecule has 0 aliphatic carbocycles. The van der Waals surface area contributed by atoms with Crippen LogP contribution >= 0.6 is 11.3 Å². The van der Waals surface area contributed by atoms with Gasteiger partial charge in [-0.15, -0.1) is 11.3 Å². The molecule has 4 nitrogen and oxygen atoms in total. The highest BCUT2D eigenvalue weighted by molar-refractivity contribution is 7.10. The minimum absolute atomic E-state index is 0.0715. The van der Waals surface area contributed by atoms with Crippen molar-refractivity contribution in [2.45, 2.75) is 18.9 Å². The number of methoxy groups -OCH3 is 1. The lowest BCUT2D eigenvalue weighted by atomic mass is 10.1. The maximum absolute atomic E-state index is 13.0. The Labute approximate surface area is 163 Å².